The van der Waals surface area contributed by atoms with Crippen LogP contribution < -0.4 is 0 Å². The van der Waals surface area contributed by atoms with Crippen LogP contribution in [-0.2, 0) is 6.42 Å². The summed E-state index contributed by atoms with van der Waals surface area (Å²) in [7, 11) is 0. The standard InChI is InChI=1S/C16H18/c1-4-14-11-16(13(3)10-12(14)2)15-8-6-5-7-9-15/h5-11H,4H2,1-3H3. The lowest BCUT2D eigenvalue weighted by atomic mass is 9.94. The monoisotopic (exact) mass is 210 g/mol. The minimum absolute atomic E-state index is 1.10. The van der Waals surface area contributed by atoms with Gasteiger partial charge in [0.2, 0.25) is 0 Å². The third kappa shape index (κ3) is 2.01. The van der Waals surface area contributed by atoms with Crippen molar-refractivity contribution in [2.45, 2.75) is 27.2 Å². The molecule has 16 heavy (non-hydrogen) atoms. The number of rotatable bonds is 2. The van der Waals surface area contributed by atoms with Gasteiger partial charge in [0, 0.05) is 0 Å². The molecule has 0 saturated heterocycles. The predicted molar refractivity (Wildman–Crippen MR) is 70.7 cm³/mol. The topological polar surface area (TPSA) is 0 Å². The van der Waals surface area contributed by atoms with Crippen molar-refractivity contribution in [2.24, 2.45) is 0 Å². The van der Waals surface area contributed by atoms with E-state index in [4.69, 9.17) is 0 Å². The first-order chi connectivity index (χ1) is 7.72. The van der Waals surface area contributed by atoms with Crippen LogP contribution in [0.3, 0.4) is 0 Å². The van der Waals surface area contributed by atoms with Crippen LogP contribution in [0.2, 0.25) is 0 Å². The molecule has 0 aliphatic heterocycles. The molecule has 0 nitrogen and oxygen atoms in total. The molecule has 0 saturated carbocycles. The van der Waals surface area contributed by atoms with E-state index >= 15 is 0 Å². The van der Waals surface area contributed by atoms with Crippen molar-refractivity contribution in [3.05, 3.63) is 59.2 Å². The molecule has 0 aromatic heterocycles. The normalized spacial score (nSPS) is 10.4. The zero-order valence-corrected chi connectivity index (χ0v) is 10.2. The van der Waals surface area contributed by atoms with Crippen LogP contribution in [0, 0.1) is 13.8 Å². The van der Waals surface area contributed by atoms with Crippen LogP contribution in [0.25, 0.3) is 11.1 Å². The fourth-order valence-corrected chi connectivity index (χ4v) is 2.21. The van der Waals surface area contributed by atoms with Gasteiger partial charge in [0.1, 0.15) is 0 Å². The van der Waals surface area contributed by atoms with Crippen molar-refractivity contribution in [1.29, 1.82) is 0 Å². The molecule has 0 amide bonds. The van der Waals surface area contributed by atoms with Gasteiger partial charge in [-0.3, -0.25) is 0 Å². The van der Waals surface area contributed by atoms with Gasteiger partial charge in [-0.2, -0.15) is 0 Å². The van der Waals surface area contributed by atoms with Gasteiger partial charge in [-0.05, 0) is 48.1 Å². The second-order valence-corrected chi connectivity index (χ2v) is 4.31. The third-order valence-corrected chi connectivity index (χ3v) is 3.15. The Balaban J connectivity index is 2.57. The summed E-state index contributed by atoms with van der Waals surface area (Å²) in [6.07, 6.45) is 1.10. The van der Waals surface area contributed by atoms with E-state index in [1.54, 1.807) is 0 Å². The summed E-state index contributed by atoms with van der Waals surface area (Å²) in [5.41, 5.74) is 6.89. The minimum Gasteiger partial charge on any atom is -0.0622 e. The average molecular weight is 210 g/mol. The molecular weight excluding hydrogens is 192 g/mol. The van der Waals surface area contributed by atoms with Crippen molar-refractivity contribution in [3.63, 3.8) is 0 Å². The van der Waals surface area contributed by atoms with E-state index in [1.807, 2.05) is 0 Å². The molecule has 0 spiro atoms. The van der Waals surface area contributed by atoms with Gasteiger partial charge in [0.05, 0.1) is 0 Å². The highest BCUT2D eigenvalue weighted by molar-refractivity contribution is 5.68. The molecule has 0 radical (unpaired) electrons. The van der Waals surface area contributed by atoms with Crippen LogP contribution >= 0.6 is 0 Å². The maximum Gasteiger partial charge on any atom is -0.0152 e. The fourth-order valence-electron chi connectivity index (χ4n) is 2.21. The first kappa shape index (κ1) is 10.9. The van der Waals surface area contributed by atoms with Gasteiger partial charge in [-0.15, -0.1) is 0 Å². The van der Waals surface area contributed by atoms with Crippen molar-refractivity contribution in [1.82, 2.24) is 0 Å². The molecule has 0 fully saturated rings. The largest absolute Gasteiger partial charge is 0.0622 e. The van der Waals surface area contributed by atoms with E-state index in [-0.39, 0.29) is 0 Å². The first-order valence-corrected chi connectivity index (χ1v) is 5.88. The first-order valence-electron chi connectivity index (χ1n) is 5.88. The van der Waals surface area contributed by atoms with Gasteiger partial charge in [0.25, 0.3) is 0 Å². The fraction of sp³-hybridized carbons (Fsp3) is 0.250. The molecule has 82 valence electrons. The average Bonchev–Trinajstić information content (AvgIpc) is 2.30. The van der Waals surface area contributed by atoms with E-state index in [9.17, 15) is 0 Å². The highest BCUT2D eigenvalue weighted by Gasteiger charge is 2.04. The molecule has 2 aromatic carbocycles. The van der Waals surface area contributed by atoms with Gasteiger partial charge in [0.15, 0.2) is 0 Å². The van der Waals surface area contributed by atoms with Crippen LogP contribution in [0.5, 0.6) is 0 Å². The molecule has 0 atom stereocenters. The van der Waals surface area contributed by atoms with Crippen LogP contribution in [0.15, 0.2) is 42.5 Å². The van der Waals surface area contributed by atoms with Gasteiger partial charge < -0.3 is 0 Å². The molecule has 0 aliphatic rings. The minimum atomic E-state index is 1.10. The SMILES string of the molecule is CCc1cc(-c2ccccc2)c(C)cc1C. The second-order valence-electron chi connectivity index (χ2n) is 4.31. The lowest BCUT2D eigenvalue weighted by Gasteiger charge is -2.11. The summed E-state index contributed by atoms with van der Waals surface area (Å²) in [6.45, 7) is 6.60. The summed E-state index contributed by atoms with van der Waals surface area (Å²) in [5.74, 6) is 0. The Bertz CT molecular complexity index is 481. The quantitative estimate of drug-likeness (QED) is 0.683. The molecule has 0 heterocycles. The van der Waals surface area contributed by atoms with Gasteiger partial charge >= 0.3 is 0 Å². The maximum atomic E-state index is 2.33. The highest BCUT2D eigenvalue weighted by atomic mass is 14.1. The van der Waals surface area contributed by atoms with Crippen LogP contribution in [0.1, 0.15) is 23.6 Å². The smallest absolute Gasteiger partial charge is 0.0152 e. The number of hydrogen-bond donors (Lipinski definition) is 0. The Labute approximate surface area is 97.9 Å². The zero-order chi connectivity index (χ0) is 11.5. The predicted octanol–water partition coefficient (Wildman–Crippen LogP) is 4.53. The van der Waals surface area contributed by atoms with Crippen LogP contribution in [0.4, 0.5) is 0 Å². The lowest BCUT2D eigenvalue weighted by molar-refractivity contribution is 1.10. The number of benzene rings is 2. The zero-order valence-electron chi connectivity index (χ0n) is 10.2. The molecule has 0 heteroatoms. The van der Waals surface area contributed by atoms with E-state index in [2.05, 4.69) is 63.2 Å². The Morgan fingerprint density at radius 1 is 0.875 bits per heavy atom. The number of aryl methyl sites for hydroxylation is 3. The third-order valence-electron chi connectivity index (χ3n) is 3.15. The van der Waals surface area contributed by atoms with Gasteiger partial charge in [-0.25, -0.2) is 0 Å². The molecule has 2 rings (SSSR count). The van der Waals surface area contributed by atoms with Crippen molar-refractivity contribution >= 4 is 0 Å². The molecule has 0 aliphatic carbocycles. The Morgan fingerprint density at radius 2 is 1.56 bits per heavy atom. The Kier molecular flexibility index (Phi) is 3.09. The summed E-state index contributed by atoms with van der Waals surface area (Å²) in [6, 6.07) is 15.2. The summed E-state index contributed by atoms with van der Waals surface area (Å²) >= 11 is 0. The maximum absolute atomic E-state index is 2.33. The molecule has 0 bridgehead atoms. The Hall–Kier alpha value is -1.56. The summed E-state index contributed by atoms with van der Waals surface area (Å²) < 4.78 is 0. The van der Waals surface area contributed by atoms with E-state index in [1.165, 1.54) is 27.8 Å². The number of hydrogen-bond acceptors (Lipinski definition) is 0. The van der Waals surface area contributed by atoms with Crippen molar-refractivity contribution < 1.29 is 0 Å². The molecule has 0 N–H and O–H groups in total. The van der Waals surface area contributed by atoms with E-state index in [0.717, 1.165) is 6.42 Å². The van der Waals surface area contributed by atoms with E-state index < -0.39 is 0 Å². The van der Waals surface area contributed by atoms with E-state index in [0.29, 0.717) is 0 Å². The highest BCUT2D eigenvalue weighted by Crippen LogP contribution is 2.26. The lowest BCUT2D eigenvalue weighted by Crippen LogP contribution is -1.91. The van der Waals surface area contributed by atoms with Crippen molar-refractivity contribution in [2.75, 3.05) is 0 Å². The van der Waals surface area contributed by atoms with Crippen LogP contribution in [-0.4, -0.2) is 0 Å². The molecule has 2 aromatic rings. The molecular formula is C16H18. The molecule has 0 unspecified atom stereocenters. The van der Waals surface area contributed by atoms with Crippen molar-refractivity contribution in [3.8, 4) is 11.1 Å². The van der Waals surface area contributed by atoms with Gasteiger partial charge in [-0.1, -0.05) is 49.4 Å². The summed E-state index contributed by atoms with van der Waals surface area (Å²) in [4.78, 5) is 0. The second kappa shape index (κ2) is 4.52. The Morgan fingerprint density at radius 3 is 2.19 bits per heavy atom. The summed E-state index contributed by atoms with van der Waals surface area (Å²) in [5, 5.41) is 0.